The number of rotatable bonds is 6. The van der Waals surface area contributed by atoms with E-state index in [1.165, 1.54) is 21.4 Å². The molecule has 0 saturated carbocycles. The summed E-state index contributed by atoms with van der Waals surface area (Å²) in [6.07, 6.45) is 7.53. The van der Waals surface area contributed by atoms with Crippen molar-refractivity contribution in [3.63, 3.8) is 0 Å². The molecule has 0 N–H and O–H groups in total. The summed E-state index contributed by atoms with van der Waals surface area (Å²) < 4.78 is 5.15. The first-order valence-corrected chi connectivity index (χ1v) is 7.71. The Labute approximate surface area is 129 Å². The molecule has 0 unspecified atom stereocenters. The van der Waals surface area contributed by atoms with Crippen molar-refractivity contribution in [3.05, 3.63) is 71.6 Å². The van der Waals surface area contributed by atoms with E-state index >= 15 is 0 Å². The number of thiophene rings is 1. The summed E-state index contributed by atoms with van der Waals surface area (Å²) in [5.41, 5.74) is 1.22. The summed E-state index contributed by atoms with van der Waals surface area (Å²) in [4.78, 5) is 13.9. The number of benzene rings is 1. The Morgan fingerprint density at radius 1 is 1.14 bits per heavy atom. The Hall–Kier alpha value is -2.13. The Balaban J connectivity index is 1.82. The summed E-state index contributed by atoms with van der Waals surface area (Å²) >= 11 is 1.74. The van der Waals surface area contributed by atoms with Gasteiger partial charge in [0.1, 0.15) is 0 Å². The summed E-state index contributed by atoms with van der Waals surface area (Å²) in [6, 6.07) is 14.5. The fourth-order valence-corrected chi connectivity index (χ4v) is 2.81. The van der Waals surface area contributed by atoms with Crippen LogP contribution >= 0.6 is 11.3 Å². The number of allylic oxidation sites excluding steroid dienone is 3. The molecule has 21 heavy (non-hydrogen) atoms. The average molecular weight is 298 g/mol. The maximum atomic E-state index is 11.4. The first-order chi connectivity index (χ1) is 10.3. The Kier molecular flexibility index (Phi) is 5.98. The molecule has 0 atom stereocenters. The molecule has 0 amide bonds. The third-order valence-corrected chi connectivity index (χ3v) is 4.04. The number of hydrogen-bond acceptors (Lipinski definition) is 3. The van der Waals surface area contributed by atoms with Crippen LogP contribution in [-0.4, -0.2) is 12.6 Å². The first kappa shape index (κ1) is 15.3. The summed E-state index contributed by atoms with van der Waals surface area (Å²) in [5.74, 6) is -0.298. The van der Waals surface area contributed by atoms with Crippen molar-refractivity contribution in [2.45, 2.75) is 13.3 Å². The lowest BCUT2D eigenvalue weighted by molar-refractivity contribution is -0.137. The highest BCUT2D eigenvalue weighted by molar-refractivity contribution is 7.15. The molecular formula is C18H18O2S. The number of hydrogen-bond donors (Lipinski definition) is 0. The SMILES string of the molecule is C/C=C/C=C/C(=O)OCCc1ccc(-c2ccccc2)s1. The number of carbonyl (C=O) groups is 1. The van der Waals surface area contributed by atoms with Gasteiger partial charge < -0.3 is 4.74 Å². The fourth-order valence-electron chi connectivity index (χ4n) is 1.82. The van der Waals surface area contributed by atoms with Crippen molar-refractivity contribution in [1.82, 2.24) is 0 Å². The number of esters is 1. The van der Waals surface area contributed by atoms with Crippen LogP contribution in [0.2, 0.25) is 0 Å². The third-order valence-electron chi connectivity index (χ3n) is 2.85. The molecule has 0 saturated heterocycles. The second-order valence-electron chi connectivity index (χ2n) is 4.43. The van der Waals surface area contributed by atoms with Crippen LogP contribution in [0.1, 0.15) is 11.8 Å². The number of ether oxygens (including phenoxy) is 1. The standard InChI is InChI=1S/C18H18O2S/c1-2-3-5-10-18(19)20-14-13-16-11-12-17(21-16)15-8-6-4-7-9-15/h2-12H,13-14H2,1H3/b3-2+,10-5+. The third kappa shape index (κ3) is 5.04. The van der Waals surface area contributed by atoms with Crippen LogP contribution in [0.3, 0.4) is 0 Å². The maximum absolute atomic E-state index is 11.4. The molecule has 0 bridgehead atoms. The Morgan fingerprint density at radius 2 is 1.95 bits per heavy atom. The van der Waals surface area contributed by atoms with E-state index in [9.17, 15) is 4.79 Å². The van der Waals surface area contributed by atoms with Gasteiger partial charge in [-0.1, -0.05) is 48.6 Å². The predicted molar refractivity (Wildman–Crippen MR) is 88.4 cm³/mol. The molecule has 0 radical (unpaired) electrons. The van der Waals surface area contributed by atoms with E-state index in [0.29, 0.717) is 6.61 Å². The summed E-state index contributed by atoms with van der Waals surface area (Å²) in [6.45, 7) is 2.31. The highest BCUT2D eigenvalue weighted by atomic mass is 32.1. The van der Waals surface area contributed by atoms with E-state index in [4.69, 9.17) is 4.74 Å². The number of carbonyl (C=O) groups excluding carboxylic acids is 1. The molecule has 1 aromatic carbocycles. The first-order valence-electron chi connectivity index (χ1n) is 6.90. The van der Waals surface area contributed by atoms with E-state index in [1.54, 1.807) is 23.5 Å². The van der Waals surface area contributed by atoms with Gasteiger partial charge in [0.15, 0.2) is 0 Å². The van der Waals surface area contributed by atoms with Crippen molar-refractivity contribution < 1.29 is 9.53 Å². The molecule has 2 rings (SSSR count). The quantitative estimate of drug-likeness (QED) is 0.441. The zero-order valence-corrected chi connectivity index (χ0v) is 12.8. The van der Waals surface area contributed by atoms with E-state index in [-0.39, 0.29) is 5.97 Å². The molecule has 0 aliphatic rings. The van der Waals surface area contributed by atoms with Crippen molar-refractivity contribution in [2.24, 2.45) is 0 Å². The van der Waals surface area contributed by atoms with Crippen molar-refractivity contribution in [2.75, 3.05) is 6.61 Å². The van der Waals surface area contributed by atoms with E-state index in [0.717, 1.165) is 6.42 Å². The molecule has 0 aliphatic heterocycles. The van der Waals surface area contributed by atoms with Gasteiger partial charge in [0.2, 0.25) is 0 Å². The Morgan fingerprint density at radius 3 is 2.71 bits per heavy atom. The molecule has 0 fully saturated rings. The largest absolute Gasteiger partial charge is 0.462 e. The van der Waals surface area contributed by atoms with Gasteiger partial charge in [-0.05, 0) is 24.6 Å². The van der Waals surface area contributed by atoms with Gasteiger partial charge in [0.05, 0.1) is 6.61 Å². The van der Waals surface area contributed by atoms with Gasteiger partial charge in [-0.25, -0.2) is 4.79 Å². The van der Waals surface area contributed by atoms with Crippen molar-refractivity contribution in [1.29, 1.82) is 0 Å². The van der Waals surface area contributed by atoms with E-state index < -0.39 is 0 Å². The second kappa shape index (κ2) is 8.22. The topological polar surface area (TPSA) is 26.3 Å². The zero-order chi connectivity index (χ0) is 14.9. The minimum atomic E-state index is -0.298. The van der Waals surface area contributed by atoms with Gasteiger partial charge in [0, 0.05) is 22.3 Å². The monoisotopic (exact) mass is 298 g/mol. The van der Waals surface area contributed by atoms with Crippen LogP contribution in [0.15, 0.2) is 66.8 Å². The van der Waals surface area contributed by atoms with Crippen molar-refractivity contribution >= 4 is 17.3 Å². The van der Waals surface area contributed by atoms with Crippen LogP contribution < -0.4 is 0 Å². The van der Waals surface area contributed by atoms with Crippen molar-refractivity contribution in [3.8, 4) is 10.4 Å². The Bertz CT molecular complexity index is 624. The predicted octanol–water partition coefficient (Wildman–Crippen LogP) is 4.63. The molecule has 1 aromatic heterocycles. The van der Waals surface area contributed by atoms with Crippen LogP contribution in [0.5, 0.6) is 0 Å². The van der Waals surface area contributed by atoms with E-state index in [1.807, 2.05) is 31.2 Å². The van der Waals surface area contributed by atoms with Crippen LogP contribution in [0, 0.1) is 0 Å². The van der Waals surface area contributed by atoms with Gasteiger partial charge >= 0.3 is 5.97 Å². The maximum Gasteiger partial charge on any atom is 0.330 e. The average Bonchev–Trinajstić information content (AvgIpc) is 2.97. The minimum Gasteiger partial charge on any atom is -0.462 e. The molecule has 108 valence electrons. The molecule has 0 spiro atoms. The smallest absolute Gasteiger partial charge is 0.330 e. The highest BCUT2D eigenvalue weighted by Crippen LogP contribution is 2.28. The lowest BCUT2D eigenvalue weighted by Gasteiger charge is -2.00. The normalized spacial score (nSPS) is 11.3. The van der Waals surface area contributed by atoms with Gasteiger partial charge in [0.25, 0.3) is 0 Å². The van der Waals surface area contributed by atoms with Gasteiger partial charge in [-0.2, -0.15) is 0 Å². The zero-order valence-electron chi connectivity index (χ0n) is 12.0. The lowest BCUT2D eigenvalue weighted by atomic mass is 10.2. The molecule has 1 heterocycles. The highest BCUT2D eigenvalue weighted by Gasteiger charge is 2.03. The van der Waals surface area contributed by atoms with Crippen LogP contribution in [0.4, 0.5) is 0 Å². The molecule has 3 heteroatoms. The molecule has 2 nitrogen and oxygen atoms in total. The summed E-state index contributed by atoms with van der Waals surface area (Å²) in [5, 5.41) is 0. The van der Waals surface area contributed by atoms with Gasteiger partial charge in [-0.3, -0.25) is 0 Å². The second-order valence-corrected chi connectivity index (χ2v) is 5.60. The molecular weight excluding hydrogens is 280 g/mol. The molecule has 0 aliphatic carbocycles. The van der Waals surface area contributed by atoms with Crippen LogP contribution in [0.25, 0.3) is 10.4 Å². The molecule has 2 aromatic rings. The van der Waals surface area contributed by atoms with Crippen LogP contribution in [-0.2, 0) is 16.0 Å². The van der Waals surface area contributed by atoms with E-state index in [2.05, 4.69) is 24.3 Å². The lowest BCUT2D eigenvalue weighted by Crippen LogP contribution is -2.03. The fraction of sp³-hybridized carbons (Fsp3) is 0.167. The minimum absolute atomic E-state index is 0.298. The summed E-state index contributed by atoms with van der Waals surface area (Å²) in [7, 11) is 0. The van der Waals surface area contributed by atoms with Gasteiger partial charge in [-0.15, -0.1) is 11.3 Å².